The van der Waals surface area contributed by atoms with Gasteiger partial charge in [0.2, 0.25) is 5.91 Å². The van der Waals surface area contributed by atoms with Gasteiger partial charge in [0.1, 0.15) is 0 Å². The first-order valence-electron chi connectivity index (χ1n) is 5.92. The van der Waals surface area contributed by atoms with Crippen LogP contribution >= 0.6 is 24.2 Å². The van der Waals surface area contributed by atoms with Gasteiger partial charge >= 0.3 is 0 Å². The van der Waals surface area contributed by atoms with Gasteiger partial charge in [-0.1, -0.05) is 6.92 Å². The summed E-state index contributed by atoms with van der Waals surface area (Å²) in [5.74, 6) is 1.76. The molecule has 0 aromatic carbocycles. The quantitative estimate of drug-likeness (QED) is 0.818. The van der Waals surface area contributed by atoms with Gasteiger partial charge in [-0.25, -0.2) is 0 Å². The van der Waals surface area contributed by atoms with Crippen LogP contribution in [0.25, 0.3) is 0 Å². The third-order valence-electron chi connectivity index (χ3n) is 3.32. The van der Waals surface area contributed by atoms with E-state index in [9.17, 15) is 4.79 Å². The summed E-state index contributed by atoms with van der Waals surface area (Å²) in [6, 6.07) is 0. The zero-order chi connectivity index (χ0) is 10.7. The van der Waals surface area contributed by atoms with Crippen LogP contribution in [0.2, 0.25) is 0 Å². The van der Waals surface area contributed by atoms with Crippen molar-refractivity contribution in [3.63, 3.8) is 0 Å². The molecule has 16 heavy (non-hydrogen) atoms. The summed E-state index contributed by atoms with van der Waals surface area (Å²) in [6.07, 6.45) is 2.20. The Labute approximate surface area is 108 Å². The zero-order valence-corrected chi connectivity index (χ0v) is 11.4. The Kier molecular flexibility index (Phi) is 5.94. The zero-order valence-electron chi connectivity index (χ0n) is 9.78. The minimum Gasteiger partial charge on any atom is -0.340 e. The van der Waals surface area contributed by atoms with E-state index in [1.54, 1.807) is 0 Å². The second kappa shape index (κ2) is 6.72. The lowest BCUT2D eigenvalue weighted by Crippen LogP contribution is -2.45. The number of hydrogen-bond acceptors (Lipinski definition) is 3. The van der Waals surface area contributed by atoms with E-state index in [0.717, 1.165) is 38.4 Å². The first-order valence-corrected chi connectivity index (χ1v) is 6.97. The molecule has 94 valence electrons. The van der Waals surface area contributed by atoms with Crippen molar-refractivity contribution in [3.05, 3.63) is 0 Å². The molecule has 2 heterocycles. The van der Waals surface area contributed by atoms with Crippen molar-refractivity contribution in [1.82, 2.24) is 10.2 Å². The third-order valence-corrected chi connectivity index (χ3v) is 4.69. The van der Waals surface area contributed by atoms with Crippen molar-refractivity contribution in [2.75, 3.05) is 31.9 Å². The Hall–Kier alpha value is 0.0700. The summed E-state index contributed by atoms with van der Waals surface area (Å²) in [4.78, 5) is 14.2. The molecule has 2 atom stereocenters. The van der Waals surface area contributed by atoms with Gasteiger partial charge < -0.3 is 10.2 Å². The number of amides is 1. The van der Waals surface area contributed by atoms with Crippen LogP contribution in [0.5, 0.6) is 0 Å². The monoisotopic (exact) mass is 264 g/mol. The van der Waals surface area contributed by atoms with Gasteiger partial charge in [-0.3, -0.25) is 4.79 Å². The molecular formula is C11H21ClN2OS. The molecule has 2 aliphatic rings. The third kappa shape index (κ3) is 3.28. The van der Waals surface area contributed by atoms with E-state index in [2.05, 4.69) is 17.1 Å². The first kappa shape index (κ1) is 14.1. The summed E-state index contributed by atoms with van der Waals surface area (Å²) in [5.41, 5.74) is 0. The van der Waals surface area contributed by atoms with E-state index in [0.29, 0.717) is 11.2 Å². The largest absolute Gasteiger partial charge is 0.340 e. The summed E-state index contributed by atoms with van der Waals surface area (Å²) in [6.45, 7) is 6.03. The average Bonchev–Trinajstić information content (AvgIpc) is 2.81. The molecule has 2 aliphatic heterocycles. The number of carbonyl (C=O) groups excluding carboxylic acids is 1. The van der Waals surface area contributed by atoms with Crippen LogP contribution < -0.4 is 5.32 Å². The van der Waals surface area contributed by atoms with Gasteiger partial charge in [0, 0.05) is 30.6 Å². The standard InChI is InChI=1S/C11H20N2OS.ClH/c1-2-10-8-13(5-6-15-10)11(14)9-3-4-12-7-9;/h9-10,12H,2-8H2,1H3;1H/t9-,10?;/m1./s1. The van der Waals surface area contributed by atoms with Gasteiger partial charge in [-0.05, 0) is 19.4 Å². The summed E-state index contributed by atoms with van der Waals surface area (Å²) >= 11 is 2.02. The molecule has 1 N–H and O–H groups in total. The molecule has 0 saturated carbocycles. The van der Waals surface area contributed by atoms with Crippen LogP contribution in [0.3, 0.4) is 0 Å². The second-order valence-electron chi connectivity index (χ2n) is 4.38. The van der Waals surface area contributed by atoms with Crippen molar-refractivity contribution in [2.24, 2.45) is 5.92 Å². The maximum Gasteiger partial charge on any atom is 0.227 e. The molecule has 0 aromatic heterocycles. The lowest BCUT2D eigenvalue weighted by Gasteiger charge is -2.33. The normalized spacial score (nSPS) is 29.9. The van der Waals surface area contributed by atoms with E-state index >= 15 is 0 Å². The number of nitrogens with zero attached hydrogens (tertiary/aromatic N) is 1. The maximum absolute atomic E-state index is 12.1. The van der Waals surface area contributed by atoms with E-state index in [4.69, 9.17) is 0 Å². The maximum atomic E-state index is 12.1. The molecule has 0 aliphatic carbocycles. The SMILES string of the molecule is CCC1CN(C(=O)[C@@H]2CCNC2)CCS1.Cl. The molecule has 0 spiro atoms. The van der Waals surface area contributed by atoms with Crippen LogP contribution in [0, 0.1) is 5.92 Å². The lowest BCUT2D eigenvalue weighted by molar-refractivity contribution is -0.134. The van der Waals surface area contributed by atoms with Crippen LogP contribution in [-0.4, -0.2) is 48.0 Å². The van der Waals surface area contributed by atoms with E-state index in [1.165, 1.54) is 6.42 Å². The van der Waals surface area contributed by atoms with Crippen molar-refractivity contribution < 1.29 is 4.79 Å². The molecule has 2 rings (SSSR count). The van der Waals surface area contributed by atoms with Crippen LogP contribution in [0.15, 0.2) is 0 Å². The fraction of sp³-hybridized carbons (Fsp3) is 0.909. The highest BCUT2D eigenvalue weighted by atomic mass is 35.5. The Morgan fingerprint density at radius 2 is 2.38 bits per heavy atom. The topological polar surface area (TPSA) is 32.3 Å². The number of rotatable bonds is 2. The molecule has 0 aromatic rings. The number of halogens is 1. The summed E-state index contributed by atoms with van der Waals surface area (Å²) in [7, 11) is 0. The van der Waals surface area contributed by atoms with Gasteiger partial charge in [-0.15, -0.1) is 12.4 Å². The highest BCUT2D eigenvalue weighted by Gasteiger charge is 2.30. The van der Waals surface area contributed by atoms with Crippen molar-refractivity contribution >= 4 is 30.1 Å². The van der Waals surface area contributed by atoms with E-state index in [-0.39, 0.29) is 18.3 Å². The molecular weight excluding hydrogens is 244 g/mol. The van der Waals surface area contributed by atoms with E-state index in [1.807, 2.05) is 11.8 Å². The molecule has 3 nitrogen and oxygen atoms in total. The number of carbonyl (C=O) groups is 1. The Bertz CT molecular complexity index is 234. The molecule has 0 bridgehead atoms. The predicted octanol–water partition coefficient (Wildman–Crippen LogP) is 1.37. The van der Waals surface area contributed by atoms with Crippen LogP contribution in [0.4, 0.5) is 0 Å². The smallest absolute Gasteiger partial charge is 0.227 e. The lowest BCUT2D eigenvalue weighted by atomic mass is 10.1. The average molecular weight is 265 g/mol. The summed E-state index contributed by atoms with van der Waals surface area (Å²) in [5, 5.41) is 3.93. The number of nitrogens with one attached hydrogen (secondary N) is 1. The second-order valence-corrected chi connectivity index (χ2v) is 5.78. The van der Waals surface area contributed by atoms with E-state index < -0.39 is 0 Å². The number of thioether (sulfide) groups is 1. The molecule has 5 heteroatoms. The highest BCUT2D eigenvalue weighted by Crippen LogP contribution is 2.23. The van der Waals surface area contributed by atoms with Crippen molar-refractivity contribution in [1.29, 1.82) is 0 Å². The van der Waals surface area contributed by atoms with Gasteiger partial charge in [0.05, 0.1) is 5.92 Å². The fourth-order valence-corrected chi connectivity index (χ4v) is 3.47. The van der Waals surface area contributed by atoms with Crippen molar-refractivity contribution in [2.45, 2.75) is 25.0 Å². The minimum absolute atomic E-state index is 0. The Morgan fingerprint density at radius 3 is 3.00 bits per heavy atom. The molecule has 2 fully saturated rings. The predicted molar refractivity (Wildman–Crippen MR) is 71.3 cm³/mol. The van der Waals surface area contributed by atoms with Gasteiger partial charge in [0.25, 0.3) is 0 Å². The van der Waals surface area contributed by atoms with Crippen LogP contribution in [0.1, 0.15) is 19.8 Å². The van der Waals surface area contributed by atoms with Crippen LogP contribution in [-0.2, 0) is 4.79 Å². The molecule has 2 saturated heterocycles. The number of hydrogen-bond donors (Lipinski definition) is 1. The van der Waals surface area contributed by atoms with Crippen molar-refractivity contribution in [3.8, 4) is 0 Å². The molecule has 1 amide bonds. The first-order chi connectivity index (χ1) is 7.31. The molecule has 1 unspecified atom stereocenters. The summed E-state index contributed by atoms with van der Waals surface area (Å²) < 4.78 is 0. The van der Waals surface area contributed by atoms with Gasteiger partial charge in [0.15, 0.2) is 0 Å². The molecule has 0 radical (unpaired) electrons. The fourth-order valence-electron chi connectivity index (χ4n) is 2.29. The Balaban J connectivity index is 0.00000128. The van der Waals surface area contributed by atoms with Gasteiger partial charge in [-0.2, -0.15) is 11.8 Å². The minimum atomic E-state index is 0. The Morgan fingerprint density at radius 1 is 1.56 bits per heavy atom. The highest BCUT2D eigenvalue weighted by molar-refractivity contribution is 8.00.